The summed E-state index contributed by atoms with van der Waals surface area (Å²) in [4.78, 5) is 33.2. The fourth-order valence-electron chi connectivity index (χ4n) is 3.48. The Kier molecular flexibility index (Phi) is 4.16. The number of imidazole rings is 1. The normalized spacial score (nSPS) is 16.8. The topological polar surface area (TPSA) is 78.1 Å². The van der Waals surface area contributed by atoms with E-state index in [4.69, 9.17) is 0 Å². The lowest BCUT2D eigenvalue weighted by atomic mass is 10.0. The Morgan fingerprint density at radius 1 is 1.19 bits per heavy atom. The second-order valence-electron chi connectivity index (χ2n) is 6.65. The maximum Gasteiger partial charge on any atom is 0.253 e. The van der Waals surface area contributed by atoms with Gasteiger partial charge in [0.25, 0.3) is 5.91 Å². The standard InChI is InChI=1S/C20H20N4O2/c1-13(25)23-17-7-8-24(11-17)20(26)16-4-2-3-14(9-16)15-5-6-18-19(10-15)22-12-21-18/h2-6,9-10,12,17H,7-8,11H2,1H3,(H,21,22)(H,23,25)/t17-/m1/s1. The van der Waals surface area contributed by atoms with Crippen LogP contribution in [0.5, 0.6) is 0 Å². The van der Waals surface area contributed by atoms with Gasteiger partial charge in [-0.2, -0.15) is 0 Å². The van der Waals surface area contributed by atoms with Crippen molar-refractivity contribution in [3.8, 4) is 11.1 Å². The third-order valence-corrected chi connectivity index (χ3v) is 4.75. The smallest absolute Gasteiger partial charge is 0.253 e. The van der Waals surface area contributed by atoms with Gasteiger partial charge in [-0.3, -0.25) is 9.59 Å². The molecule has 0 aliphatic carbocycles. The van der Waals surface area contributed by atoms with Crippen LogP contribution in [-0.2, 0) is 4.79 Å². The molecule has 1 fully saturated rings. The third kappa shape index (κ3) is 3.18. The summed E-state index contributed by atoms with van der Waals surface area (Å²) in [6, 6.07) is 13.7. The number of aromatic nitrogens is 2. The summed E-state index contributed by atoms with van der Waals surface area (Å²) in [5.74, 6) is -0.0529. The van der Waals surface area contributed by atoms with Gasteiger partial charge < -0.3 is 15.2 Å². The fraction of sp³-hybridized carbons (Fsp3) is 0.250. The number of aromatic amines is 1. The van der Waals surface area contributed by atoms with Gasteiger partial charge in [-0.1, -0.05) is 18.2 Å². The zero-order valence-electron chi connectivity index (χ0n) is 14.5. The summed E-state index contributed by atoms with van der Waals surface area (Å²) in [6.07, 6.45) is 2.47. The van der Waals surface area contributed by atoms with Crippen LogP contribution in [0.25, 0.3) is 22.2 Å². The Morgan fingerprint density at radius 3 is 2.88 bits per heavy atom. The van der Waals surface area contributed by atoms with E-state index >= 15 is 0 Å². The van der Waals surface area contributed by atoms with Crippen molar-refractivity contribution in [2.75, 3.05) is 13.1 Å². The molecule has 4 rings (SSSR count). The molecular formula is C20H20N4O2. The molecular weight excluding hydrogens is 328 g/mol. The Hall–Kier alpha value is -3.15. The average molecular weight is 348 g/mol. The second kappa shape index (κ2) is 6.63. The number of nitrogens with zero attached hydrogens (tertiary/aromatic N) is 2. The predicted molar refractivity (Wildman–Crippen MR) is 99.7 cm³/mol. The maximum atomic E-state index is 12.8. The molecule has 0 bridgehead atoms. The van der Waals surface area contributed by atoms with Crippen molar-refractivity contribution in [3.63, 3.8) is 0 Å². The Bertz CT molecular complexity index is 979. The quantitative estimate of drug-likeness (QED) is 0.764. The van der Waals surface area contributed by atoms with Gasteiger partial charge in [0.15, 0.2) is 0 Å². The Balaban J connectivity index is 1.55. The molecule has 2 aromatic carbocycles. The van der Waals surface area contributed by atoms with E-state index in [1.807, 2.05) is 42.5 Å². The molecule has 0 unspecified atom stereocenters. The molecule has 3 aromatic rings. The van der Waals surface area contributed by atoms with Crippen LogP contribution in [0.2, 0.25) is 0 Å². The molecule has 132 valence electrons. The van der Waals surface area contributed by atoms with Crippen molar-refractivity contribution in [1.82, 2.24) is 20.2 Å². The zero-order chi connectivity index (χ0) is 18.1. The van der Waals surface area contributed by atoms with Crippen LogP contribution in [-0.4, -0.2) is 45.8 Å². The van der Waals surface area contributed by atoms with Gasteiger partial charge in [0.05, 0.1) is 17.4 Å². The van der Waals surface area contributed by atoms with Crippen LogP contribution >= 0.6 is 0 Å². The van der Waals surface area contributed by atoms with Crippen molar-refractivity contribution in [2.45, 2.75) is 19.4 Å². The highest BCUT2D eigenvalue weighted by atomic mass is 16.2. The number of benzene rings is 2. The molecule has 1 atom stereocenters. The number of hydrogen-bond acceptors (Lipinski definition) is 3. The number of carbonyl (C=O) groups excluding carboxylic acids is 2. The van der Waals surface area contributed by atoms with Crippen molar-refractivity contribution in [1.29, 1.82) is 0 Å². The molecule has 0 saturated carbocycles. The van der Waals surface area contributed by atoms with Gasteiger partial charge in [0, 0.05) is 31.6 Å². The largest absolute Gasteiger partial charge is 0.352 e. The molecule has 2 N–H and O–H groups in total. The van der Waals surface area contributed by atoms with E-state index in [1.165, 1.54) is 6.92 Å². The first kappa shape index (κ1) is 16.3. The number of nitrogens with one attached hydrogen (secondary N) is 2. The number of fused-ring (bicyclic) bond motifs is 1. The van der Waals surface area contributed by atoms with E-state index < -0.39 is 0 Å². The summed E-state index contributed by atoms with van der Waals surface area (Å²) in [5, 5.41) is 2.89. The van der Waals surface area contributed by atoms with E-state index in [9.17, 15) is 9.59 Å². The van der Waals surface area contributed by atoms with E-state index in [-0.39, 0.29) is 17.9 Å². The van der Waals surface area contributed by atoms with Crippen LogP contribution in [0.1, 0.15) is 23.7 Å². The van der Waals surface area contributed by atoms with Gasteiger partial charge >= 0.3 is 0 Å². The monoisotopic (exact) mass is 348 g/mol. The summed E-state index contributed by atoms with van der Waals surface area (Å²) in [5.41, 5.74) is 4.58. The number of carbonyl (C=O) groups is 2. The number of rotatable bonds is 3. The van der Waals surface area contributed by atoms with Gasteiger partial charge in [-0.25, -0.2) is 4.98 Å². The highest BCUT2D eigenvalue weighted by Gasteiger charge is 2.27. The molecule has 2 heterocycles. The van der Waals surface area contributed by atoms with Crippen LogP contribution < -0.4 is 5.32 Å². The van der Waals surface area contributed by atoms with Crippen molar-refractivity contribution < 1.29 is 9.59 Å². The van der Waals surface area contributed by atoms with Crippen molar-refractivity contribution in [2.24, 2.45) is 0 Å². The molecule has 6 nitrogen and oxygen atoms in total. The minimum atomic E-state index is -0.0551. The minimum Gasteiger partial charge on any atom is -0.352 e. The fourth-order valence-corrected chi connectivity index (χ4v) is 3.48. The zero-order valence-corrected chi connectivity index (χ0v) is 14.5. The SMILES string of the molecule is CC(=O)N[C@@H]1CCN(C(=O)c2cccc(-c3ccc4nc[nH]c4c3)c2)C1. The highest BCUT2D eigenvalue weighted by Crippen LogP contribution is 2.24. The van der Waals surface area contributed by atoms with Gasteiger partial charge in [-0.05, 0) is 41.8 Å². The highest BCUT2D eigenvalue weighted by molar-refractivity contribution is 5.96. The lowest BCUT2D eigenvalue weighted by molar-refractivity contribution is -0.119. The summed E-state index contributed by atoms with van der Waals surface area (Å²) >= 11 is 0. The number of hydrogen-bond donors (Lipinski definition) is 2. The molecule has 1 aromatic heterocycles. The molecule has 2 amide bonds. The molecule has 0 spiro atoms. The maximum absolute atomic E-state index is 12.8. The van der Waals surface area contributed by atoms with Crippen LogP contribution in [0.15, 0.2) is 48.8 Å². The van der Waals surface area contributed by atoms with Crippen LogP contribution in [0.3, 0.4) is 0 Å². The molecule has 1 saturated heterocycles. The molecule has 6 heteroatoms. The van der Waals surface area contributed by atoms with Crippen LogP contribution in [0, 0.1) is 0 Å². The molecule has 1 aliphatic rings. The van der Waals surface area contributed by atoms with Crippen molar-refractivity contribution >= 4 is 22.8 Å². The number of amides is 2. The van der Waals surface area contributed by atoms with Crippen molar-refractivity contribution in [3.05, 3.63) is 54.4 Å². The van der Waals surface area contributed by atoms with Gasteiger partial charge in [-0.15, -0.1) is 0 Å². The summed E-state index contributed by atoms with van der Waals surface area (Å²) in [6.45, 7) is 2.72. The first-order valence-electron chi connectivity index (χ1n) is 8.70. The van der Waals surface area contributed by atoms with E-state index in [0.29, 0.717) is 18.7 Å². The predicted octanol–water partition coefficient (Wildman–Crippen LogP) is 2.58. The lowest BCUT2D eigenvalue weighted by Crippen LogP contribution is -2.37. The Labute approximate surface area is 151 Å². The third-order valence-electron chi connectivity index (χ3n) is 4.75. The van der Waals surface area contributed by atoms with Gasteiger partial charge in [0.2, 0.25) is 5.91 Å². The van der Waals surface area contributed by atoms with E-state index in [2.05, 4.69) is 15.3 Å². The first-order chi connectivity index (χ1) is 12.6. The summed E-state index contributed by atoms with van der Waals surface area (Å²) < 4.78 is 0. The molecule has 26 heavy (non-hydrogen) atoms. The lowest BCUT2D eigenvalue weighted by Gasteiger charge is -2.17. The van der Waals surface area contributed by atoms with E-state index in [0.717, 1.165) is 28.6 Å². The van der Waals surface area contributed by atoms with Crippen LogP contribution in [0.4, 0.5) is 0 Å². The second-order valence-corrected chi connectivity index (χ2v) is 6.65. The average Bonchev–Trinajstić information content (AvgIpc) is 3.29. The number of H-pyrrole nitrogens is 1. The summed E-state index contributed by atoms with van der Waals surface area (Å²) in [7, 11) is 0. The Morgan fingerprint density at radius 2 is 2.04 bits per heavy atom. The first-order valence-corrected chi connectivity index (χ1v) is 8.70. The number of likely N-dealkylation sites (tertiary alicyclic amines) is 1. The van der Waals surface area contributed by atoms with E-state index in [1.54, 1.807) is 11.2 Å². The molecule has 1 aliphatic heterocycles. The molecule has 0 radical (unpaired) electrons. The minimum absolute atomic E-state index is 0.00215. The van der Waals surface area contributed by atoms with Gasteiger partial charge in [0.1, 0.15) is 0 Å².